The molecule has 1 atom stereocenters. The maximum Gasteiger partial charge on any atom is 0.235 e. The number of piperazine rings is 1. The molecular formula is C23H26N4O2S. The van der Waals surface area contributed by atoms with E-state index in [4.69, 9.17) is 0 Å². The molecule has 30 heavy (non-hydrogen) atoms. The second-order valence-electron chi connectivity index (χ2n) is 7.49. The molecular weight excluding hydrogens is 396 g/mol. The monoisotopic (exact) mass is 422 g/mol. The van der Waals surface area contributed by atoms with Gasteiger partial charge in [0.15, 0.2) is 5.78 Å². The molecule has 6 nitrogen and oxygen atoms in total. The highest BCUT2D eigenvalue weighted by atomic mass is 32.2. The van der Waals surface area contributed by atoms with Crippen LogP contribution in [0.2, 0.25) is 0 Å². The number of pyridine rings is 1. The number of carbonyl (C=O) groups is 2. The maximum absolute atomic E-state index is 12.9. The zero-order valence-electron chi connectivity index (χ0n) is 17.6. The molecule has 1 amide bonds. The van der Waals surface area contributed by atoms with Crippen molar-refractivity contribution in [1.82, 2.24) is 14.8 Å². The van der Waals surface area contributed by atoms with Crippen LogP contribution < -0.4 is 0 Å². The Bertz CT molecular complexity index is 963. The third-order valence-corrected chi connectivity index (χ3v) is 6.34. The number of nitriles is 1. The zero-order valence-corrected chi connectivity index (χ0v) is 18.4. The molecule has 0 radical (unpaired) electrons. The Balaban J connectivity index is 1.60. The number of aromatic nitrogens is 1. The number of thioether (sulfide) groups is 1. The van der Waals surface area contributed by atoms with Gasteiger partial charge in [-0.3, -0.25) is 14.5 Å². The van der Waals surface area contributed by atoms with E-state index in [1.807, 2.05) is 30.0 Å². The zero-order chi connectivity index (χ0) is 21.7. The van der Waals surface area contributed by atoms with Gasteiger partial charge in [0.1, 0.15) is 11.1 Å². The molecule has 2 heterocycles. The van der Waals surface area contributed by atoms with Gasteiger partial charge in [0.2, 0.25) is 5.91 Å². The first-order valence-corrected chi connectivity index (χ1v) is 10.9. The van der Waals surface area contributed by atoms with Crippen molar-refractivity contribution in [1.29, 1.82) is 5.26 Å². The van der Waals surface area contributed by atoms with Crippen LogP contribution in [0.5, 0.6) is 0 Å². The van der Waals surface area contributed by atoms with Gasteiger partial charge in [0, 0.05) is 44.0 Å². The van der Waals surface area contributed by atoms with E-state index in [-0.39, 0.29) is 16.9 Å². The predicted molar refractivity (Wildman–Crippen MR) is 117 cm³/mol. The Morgan fingerprint density at radius 2 is 1.87 bits per heavy atom. The van der Waals surface area contributed by atoms with Gasteiger partial charge >= 0.3 is 0 Å². The van der Waals surface area contributed by atoms with Crippen LogP contribution in [0.3, 0.4) is 0 Å². The first-order valence-electron chi connectivity index (χ1n) is 10.0. The van der Waals surface area contributed by atoms with Crippen molar-refractivity contribution in [2.75, 3.05) is 26.2 Å². The lowest BCUT2D eigenvalue weighted by molar-refractivity contribution is -0.132. The lowest BCUT2D eigenvalue weighted by Gasteiger charge is -2.35. The number of hydrogen-bond donors (Lipinski definition) is 0. The Kier molecular flexibility index (Phi) is 7.24. The molecule has 0 spiro atoms. The molecule has 1 unspecified atom stereocenters. The van der Waals surface area contributed by atoms with Crippen molar-refractivity contribution in [2.24, 2.45) is 0 Å². The van der Waals surface area contributed by atoms with E-state index in [1.54, 1.807) is 13.0 Å². The number of ketones is 1. The average molecular weight is 423 g/mol. The van der Waals surface area contributed by atoms with E-state index < -0.39 is 0 Å². The number of aryl methyl sites for hydroxylation is 1. The van der Waals surface area contributed by atoms with Gasteiger partial charge in [0.25, 0.3) is 0 Å². The molecule has 1 aromatic carbocycles. The van der Waals surface area contributed by atoms with Crippen LogP contribution in [-0.2, 0) is 11.3 Å². The number of amides is 1. The van der Waals surface area contributed by atoms with Crippen LogP contribution in [0.1, 0.15) is 41.0 Å². The van der Waals surface area contributed by atoms with Crippen molar-refractivity contribution >= 4 is 23.5 Å². The third kappa shape index (κ3) is 5.26. The summed E-state index contributed by atoms with van der Waals surface area (Å²) in [5.74, 6) is -0.0658. The Morgan fingerprint density at radius 1 is 1.20 bits per heavy atom. The predicted octanol–water partition coefficient (Wildman–Crippen LogP) is 3.29. The smallest absolute Gasteiger partial charge is 0.235 e. The molecule has 2 aromatic rings. The van der Waals surface area contributed by atoms with Gasteiger partial charge in [-0.05, 0) is 32.4 Å². The summed E-state index contributed by atoms with van der Waals surface area (Å²) in [4.78, 5) is 33.3. The highest BCUT2D eigenvalue weighted by Crippen LogP contribution is 2.28. The van der Waals surface area contributed by atoms with Crippen LogP contribution in [0, 0.1) is 18.3 Å². The Hall–Kier alpha value is -2.69. The second kappa shape index (κ2) is 9.88. The van der Waals surface area contributed by atoms with Gasteiger partial charge in [-0.2, -0.15) is 5.26 Å². The standard InChI is InChI=1S/C23H26N4O2S/c1-16-21(17(2)28)13-20(14-24)22(25-16)30-18(3)23(29)27-11-9-26(10-12-27)15-19-7-5-4-6-8-19/h4-8,13,18H,9-12,15H2,1-3H3. The number of hydrogen-bond acceptors (Lipinski definition) is 6. The molecule has 0 aliphatic carbocycles. The van der Waals surface area contributed by atoms with E-state index in [2.05, 4.69) is 28.1 Å². The number of rotatable bonds is 6. The number of carbonyl (C=O) groups excluding carboxylic acids is 2. The highest BCUT2D eigenvalue weighted by Gasteiger charge is 2.27. The van der Waals surface area contributed by atoms with Crippen molar-refractivity contribution in [3.63, 3.8) is 0 Å². The summed E-state index contributed by atoms with van der Waals surface area (Å²) < 4.78 is 0. The average Bonchev–Trinajstić information content (AvgIpc) is 2.74. The van der Waals surface area contributed by atoms with Crippen molar-refractivity contribution in [2.45, 2.75) is 37.6 Å². The van der Waals surface area contributed by atoms with Gasteiger partial charge in [-0.15, -0.1) is 0 Å². The van der Waals surface area contributed by atoms with E-state index in [9.17, 15) is 14.9 Å². The summed E-state index contributed by atoms with van der Waals surface area (Å²) in [6, 6.07) is 14.0. The molecule has 0 saturated carbocycles. The third-order valence-electron chi connectivity index (χ3n) is 5.25. The lowest BCUT2D eigenvalue weighted by Crippen LogP contribution is -2.50. The van der Waals surface area contributed by atoms with E-state index >= 15 is 0 Å². The summed E-state index contributed by atoms with van der Waals surface area (Å²) in [6.07, 6.45) is 0. The molecule has 1 saturated heterocycles. The van der Waals surface area contributed by atoms with Gasteiger partial charge in [-0.1, -0.05) is 42.1 Å². The summed E-state index contributed by atoms with van der Waals surface area (Å²) in [6.45, 7) is 9.01. The van der Waals surface area contributed by atoms with Crippen LogP contribution in [0.25, 0.3) is 0 Å². The topological polar surface area (TPSA) is 77.3 Å². The van der Waals surface area contributed by atoms with Gasteiger partial charge < -0.3 is 4.90 Å². The van der Waals surface area contributed by atoms with E-state index in [0.29, 0.717) is 34.9 Å². The molecule has 0 N–H and O–H groups in total. The highest BCUT2D eigenvalue weighted by molar-refractivity contribution is 8.00. The fourth-order valence-corrected chi connectivity index (χ4v) is 4.56. The first kappa shape index (κ1) is 22.0. The Morgan fingerprint density at radius 3 is 2.47 bits per heavy atom. The van der Waals surface area contributed by atoms with Crippen molar-refractivity contribution in [3.8, 4) is 6.07 Å². The minimum absolute atomic E-state index is 0.0540. The van der Waals surface area contributed by atoms with Gasteiger partial charge in [0.05, 0.1) is 10.8 Å². The molecule has 1 aliphatic rings. The summed E-state index contributed by atoms with van der Waals surface area (Å²) in [5, 5.41) is 9.60. The lowest BCUT2D eigenvalue weighted by atomic mass is 10.1. The van der Waals surface area contributed by atoms with E-state index in [1.165, 1.54) is 24.2 Å². The molecule has 1 fully saturated rings. The fraction of sp³-hybridized carbons (Fsp3) is 0.391. The van der Waals surface area contributed by atoms with Gasteiger partial charge in [-0.25, -0.2) is 4.98 Å². The molecule has 1 aromatic heterocycles. The normalized spacial score (nSPS) is 15.5. The number of benzene rings is 1. The summed E-state index contributed by atoms with van der Waals surface area (Å²) >= 11 is 1.28. The first-order chi connectivity index (χ1) is 14.4. The Labute approximate surface area is 181 Å². The fourth-order valence-electron chi connectivity index (χ4n) is 3.55. The second-order valence-corrected chi connectivity index (χ2v) is 8.82. The summed E-state index contributed by atoms with van der Waals surface area (Å²) in [7, 11) is 0. The minimum atomic E-state index is -0.354. The SMILES string of the molecule is CC(=O)c1cc(C#N)c(SC(C)C(=O)N2CCN(Cc3ccccc3)CC2)nc1C. The molecule has 3 rings (SSSR count). The van der Waals surface area contributed by atoms with Crippen LogP contribution in [0.15, 0.2) is 41.4 Å². The molecule has 0 bridgehead atoms. The van der Waals surface area contributed by atoms with Crippen LogP contribution >= 0.6 is 11.8 Å². The molecule has 1 aliphatic heterocycles. The summed E-state index contributed by atoms with van der Waals surface area (Å²) in [5.41, 5.74) is 2.64. The maximum atomic E-state index is 12.9. The van der Waals surface area contributed by atoms with Crippen molar-refractivity contribution < 1.29 is 9.59 Å². The molecule has 156 valence electrons. The van der Waals surface area contributed by atoms with Crippen LogP contribution in [0.4, 0.5) is 0 Å². The minimum Gasteiger partial charge on any atom is -0.339 e. The number of Topliss-reactive ketones (excluding diaryl/α,β-unsaturated/α-hetero) is 1. The number of nitrogens with zero attached hydrogens (tertiary/aromatic N) is 4. The largest absolute Gasteiger partial charge is 0.339 e. The van der Waals surface area contributed by atoms with Crippen molar-refractivity contribution in [3.05, 3.63) is 58.8 Å². The van der Waals surface area contributed by atoms with E-state index in [0.717, 1.165) is 19.6 Å². The quantitative estimate of drug-likeness (QED) is 0.525. The van der Waals surface area contributed by atoms with Crippen LogP contribution in [-0.4, -0.2) is 57.9 Å². The molecule has 7 heteroatoms.